The van der Waals surface area contributed by atoms with Crippen molar-refractivity contribution in [3.05, 3.63) is 59.7 Å². The maximum atomic E-state index is 13.3. The summed E-state index contributed by atoms with van der Waals surface area (Å²) in [6.45, 7) is 7.17. The zero-order valence-electron chi connectivity index (χ0n) is 16.5. The Hall–Kier alpha value is -1.99. The summed E-state index contributed by atoms with van der Waals surface area (Å²) in [5.74, 6) is 0.0148. The molecule has 3 aromatic rings. The molecule has 0 aliphatic carbocycles. The lowest BCUT2D eigenvalue weighted by Gasteiger charge is -2.27. The molecule has 1 aliphatic rings. The second kappa shape index (κ2) is 10.2. The van der Waals surface area contributed by atoms with Gasteiger partial charge in [0.15, 0.2) is 5.13 Å². The van der Waals surface area contributed by atoms with Crippen molar-refractivity contribution in [2.24, 2.45) is 0 Å². The van der Waals surface area contributed by atoms with Gasteiger partial charge in [-0.2, -0.15) is 0 Å². The monoisotopic (exact) mass is 431 g/mol. The second-order valence-corrected chi connectivity index (χ2v) is 8.10. The molecule has 2 aromatic carbocycles. The summed E-state index contributed by atoms with van der Waals surface area (Å²) < 4.78 is 6.53. The predicted molar refractivity (Wildman–Crippen MR) is 122 cm³/mol. The molecule has 1 fully saturated rings. The number of benzene rings is 2. The lowest BCUT2D eigenvalue weighted by atomic mass is 10.1. The van der Waals surface area contributed by atoms with Gasteiger partial charge in [-0.05, 0) is 37.6 Å². The quantitative estimate of drug-likeness (QED) is 0.580. The normalized spacial score (nSPS) is 14.5. The van der Waals surface area contributed by atoms with Crippen molar-refractivity contribution in [2.45, 2.75) is 13.3 Å². The van der Waals surface area contributed by atoms with Crippen LogP contribution in [0, 0.1) is 6.92 Å². The van der Waals surface area contributed by atoms with Gasteiger partial charge < -0.3 is 4.74 Å². The van der Waals surface area contributed by atoms with E-state index in [4.69, 9.17) is 9.72 Å². The Morgan fingerprint density at radius 1 is 1.14 bits per heavy atom. The van der Waals surface area contributed by atoms with Crippen LogP contribution in [0.15, 0.2) is 48.5 Å². The first kappa shape index (κ1) is 21.7. The van der Waals surface area contributed by atoms with Crippen LogP contribution in [0.2, 0.25) is 0 Å². The van der Waals surface area contributed by atoms with E-state index in [1.54, 1.807) is 11.3 Å². The molecule has 7 heteroatoms. The molecule has 0 bridgehead atoms. The Labute approximate surface area is 181 Å². The highest BCUT2D eigenvalue weighted by Gasteiger charge is 2.21. The number of fused-ring (bicyclic) bond motifs is 1. The van der Waals surface area contributed by atoms with Crippen LogP contribution in [0.1, 0.15) is 22.3 Å². The molecule has 2 heterocycles. The third-order valence-corrected chi connectivity index (χ3v) is 6.08. The predicted octanol–water partition coefficient (Wildman–Crippen LogP) is 4.40. The molecule has 0 unspecified atom stereocenters. The van der Waals surface area contributed by atoms with E-state index in [1.807, 2.05) is 54.3 Å². The lowest BCUT2D eigenvalue weighted by Crippen LogP contribution is -2.39. The van der Waals surface area contributed by atoms with Gasteiger partial charge >= 0.3 is 0 Å². The van der Waals surface area contributed by atoms with Crippen LogP contribution in [0.4, 0.5) is 5.13 Å². The minimum absolute atomic E-state index is 0. The van der Waals surface area contributed by atoms with E-state index in [-0.39, 0.29) is 18.3 Å². The molecule has 1 amide bonds. The van der Waals surface area contributed by atoms with Crippen molar-refractivity contribution in [1.29, 1.82) is 0 Å². The summed E-state index contributed by atoms with van der Waals surface area (Å²) in [7, 11) is 0. The zero-order chi connectivity index (χ0) is 19.3. The number of carbonyl (C=O) groups excluding carboxylic acids is 1. The summed E-state index contributed by atoms with van der Waals surface area (Å²) in [6.07, 6.45) is 0.910. The van der Waals surface area contributed by atoms with Gasteiger partial charge in [0.25, 0.3) is 5.91 Å². The van der Waals surface area contributed by atoms with Gasteiger partial charge in [0.2, 0.25) is 0 Å². The number of anilines is 1. The Bertz CT molecular complexity index is 906. The fourth-order valence-corrected chi connectivity index (χ4v) is 4.38. The van der Waals surface area contributed by atoms with Crippen molar-refractivity contribution >= 4 is 45.0 Å². The highest BCUT2D eigenvalue weighted by atomic mass is 35.5. The molecule has 1 aromatic heterocycles. The van der Waals surface area contributed by atoms with Gasteiger partial charge in [-0.15, -0.1) is 12.4 Å². The van der Waals surface area contributed by atoms with Crippen LogP contribution in [-0.2, 0) is 4.74 Å². The van der Waals surface area contributed by atoms with E-state index < -0.39 is 0 Å². The highest BCUT2D eigenvalue weighted by molar-refractivity contribution is 7.22. The SMILES string of the molecule is Cc1ccc(C(=O)N(CCCN2CCOCC2)c2nc3ccccc3s2)cc1.Cl. The summed E-state index contributed by atoms with van der Waals surface area (Å²) in [5, 5.41) is 0.772. The Morgan fingerprint density at radius 3 is 2.59 bits per heavy atom. The minimum atomic E-state index is 0. The topological polar surface area (TPSA) is 45.7 Å². The van der Waals surface area contributed by atoms with Crippen LogP contribution < -0.4 is 4.90 Å². The largest absolute Gasteiger partial charge is 0.379 e. The number of rotatable bonds is 6. The number of aromatic nitrogens is 1. The number of morpholine rings is 1. The molecule has 0 atom stereocenters. The first-order valence-electron chi connectivity index (χ1n) is 9.75. The second-order valence-electron chi connectivity index (χ2n) is 7.09. The van der Waals surface area contributed by atoms with Crippen LogP contribution in [-0.4, -0.2) is 55.2 Å². The van der Waals surface area contributed by atoms with Gasteiger partial charge in [0.05, 0.1) is 23.4 Å². The Morgan fingerprint density at radius 2 is 1.86 bits per heavy atom. The number of hydrogen-bond donors (Lipinski definition) is 0. The fraction of sp³-hybridized carbons (Fsp3) is 0.364. The van der Waals surface area contributed by atoms with Gasteiger partial charge in [0, 0.05) is 31.7 Å². The first-order chi connectivity index (χ1) is 13.7. The molecule has 0 N–H and O–H groups in total. The molecule has 0 radical (unpaired) electrons. The number of para-hydroxylation sites is 1. The number of amides is 1. The summed E-state index contributed by atoms with van der Waals surface area (Å²) >= 11 is 1.58. The smallest absolute Gasteiger partial charge is 0.260 e. The van der Waals surface area contributed by atoms with E-state index in [9.17, 15) is 4.79 Å². The number of thiazole rings is 1. The van der Waals surface area contributed by atoms with Crippen molar-refractivity contribution in [1.82, 2.24) is 9.88 Å². The van der Waals surface area contributed by atoms with Crippen molar-refractivity contribution in [3.8, 4) is 0 Å². The van der Waals surface area contributed by atoms with Gasteiger partial charge in [-0.1, -0.05) is 41.2 Å². The molecule has 0 saturated carbocycles. The van der Waals surface area contributed by atoms with Crippen molar-refractivity contribution in [2.75, 3.05) is 44.3 Å². The zero-order valence-corrected chi connectivity index (χ0v) is 18.2. The Balaban J connectivity index is 0.00000240. The van der Waals surface area contributed by atoms with Crippen molar-refractivity contribution < 1.29 is 9.53 Å². The average Bonchev–Trinajstić information content (AvgIpc) is 3.16. The highest BCUT2D eigenvalue weighted by Crippen LogP contribution is 2.29. The first-order valence-corrected chi connectivity index (χ1v) is 10.6. The van der Waals surface area contributed by atoms with E-state index in [2.05, 4.69) is 11.0 Å². The van der Waals surface area contributed by atoms with E-state index in [0.29, 0.717) is 12.1 Å². The van der Waals surface area contributed by atoms with Gasteiger partial charge in [-0.3, -0.25) is 14.6 Å². The summed E-state index contributed by atoms with van der Waals surface area (Å²) in [5.41, 5.74) is 2.80. The lowest BCUT2D eigenvalue weighted by molar-refractivity contribution is 0.0376. The minimum Gasteiger partial charge on any atom is -0.379 e. The molecule has 0 spiro atoms. The number of nitrogens with zero attached hydrogens (tertiary/aromatic N) is 3. The van der Waals surface area contributed by atoms with Crippen LogP contribution in [0.25, 0.3) is 10.2 Å². The van der Waals surface area contributed by atoms with E-state index in [0.717, 1.165) is 60.2 Å². The molecule has 1 aliphatic heterocycles. The third kappa shape index (κ3) is 5.34. The van der Waals surface area contributed by atoms with E-state index >= 15 is 0 Å². The maximum Gasteiger partial charge on any atom is 0.260 e. The van der Waals surface area contributed by atoms with Crippen LogP contribution in [0.3, 0.4) is 0 Å². The molecule has 1 saturated heterocycles. The summed E-state index contributed by atoms with van der Waals surface area (Å²) in [4.78, 5) is 22.2. The number of halogens is 1. The van der Waals surface area contributed by atoms with E-state index in [1.165, 1.54) is 0 Å². The Kier molecular flexibility index (Phi) is 7.61. The van der Waals surface area contributed by atoms with Gasteiger partial charge in [0.1, 0.15) is 0 Å². The maximum absolute atomic E-state index is 13.3. The number of ether oxygens (including phenoxy) is 1. The summed E-state index contributed by atoms with van der Waals surface area (Å²) in [6, 6.07) is 15.8. The van der Waals surface area contributed by atoms with Crippen LogP contribution >= 0.6 is 23.7 Å². The van der Waals surface area contributed by atoms with Crippen molar-refractivity contribution in [3.63, 3.8) is 0 Å². The number of hydrogen-bond acceptors (Lipinski definition) is 5. The molecule has 4 rings (SSSR count). The third-order valence-electron chi connectivity index (χ3n) is 5.02. The standard InChI is InChI=1S/C22H25N3O2S.ClH/c1-17-7-9-18(10-8-17)21(26)25(12-4-11-24-13-15-27-16-14-24)22-23-19-5-2-3-6-20(19)28-22;/h2-3,5-10H,4,11-16H2,1H3;1H. The molecule has 5 nitrogen and oxygen atoms in total. The molecular weight excluding hydrogens is 406 g/mol. The molecule has 154 valence electrons. The average molecular weight is 432 g/mol. The fourth-order valence-electron chi connectivity index (χ4n) is 3.39. The number of carbonyl (C=O) groups is 1. The van der Waals surface area contributed by atoms with Gasteiger partial charge in [-0.25, -0.2) is 4.98 Å². The van der Waals surface area contributed by atoms with Crippen LogP contribution in [0.5, 0.6) is 0 Å². The number of aryl methyl sites for hydroxylation is 1. The molecular formula is C22H26ClN3O2S. The molecule has 29 heavy (non-hydrogen) atoms.